The molecular weight excluding hydrogens is 330 g/mol. The van der Waals surface area contributed by atoms with Crippen LogP contribution in [0.2, 0.25) is 20.1 Å². The summed E-state index contributed by atoms with van der Waals surface area (Å²) in [6, 6.07) is 5.97. The maximum absolute atomic E-state index is 12.0. The number of halogens is 4. The van der Waals surface area contributed by atoms with E-state index in [9.17, 15) is 4.79 Å². The van der Waals surface area contributed by atoms with Gasteiger partial charge < -0.3 is 5.32 Å². The minimum absolute atomic E-state index is 0.162. The van der Waals surface area contributed by atoms with Crippen LogP contribution in [0, 0.1) is 0 Å². The molecular formula is C12H6Cl4N2O. The van der Waals surface area contributed by atoms with Crippen LogP contribution in [0.4, 0.5) is 5.69 Å². The van der Waals surface area contributed by atoms with Crippen LogP contribution in [-0.2, 0) is 0 Å². The summed E-state index contributed by atoms with van der Waals surface area (Å²) < 4.78 is 0. The molecule has 0 bridgehead atoms. The van der Waals surface area contributed by atoms with Crippen molar-refractivity contribution in [2.24, 2.45) is 0 Å². The molecule has 0 atom stereocenters. The lowest BCUT2D eigenvalue weighted by atomic mass is 10.3. The van der Waals surface area contributed by atoms with Crippen LogP contribution in [0.15, 0.2) is 30.5 Å². The molecule has 0 aliphatic heterocycles. The molecule has 0 unspecified atom stereocenters. The first kappa shape index (κ1) is 14.4. The second-order valence-electron chi connectivity index (χ2n) is 3.56. The van der Waals surface area contributed by atoms with E-state index in [0.29, 0.717) is 10.0 Å². The Morgan fingerprint density at radius 3 is 2.21 bits per heavy atom. The molecule has 0 saturated heterocycles. The van der Waals surface area contributed by atoms with E-state index in [1.165, 1.54) is 24.4 Å². The van der Waals surface area contributed by atoms with Crippen molar-refractivity contribution in [1.29, 1.82) is 0 Å². The highest BCUT2D eigenvalue weighted by Crippen LogP contribution is 2.33. The zero-order valence-corrected chi connectivity index (χ0v) is 12.3. The van der Waals surface area contributed by atoms with Gasteiger partial charge in [0.05, 0.1) is 15.7 Å². The molecule has 0 saturated carbocycles. The van der Waals surface area contributed by atoms with E-state index in [1.54, 1.807) is 6.07 Å². The molecule has 7 heteroatoms. The van der Waals surface area contributed by atoms with E-state index in [-0.39, 0.29) is 21.4 Å². The van der Waals surface area contributed by atoms with Gasteiger partial charge in [-0.05, 0) is 24.3 Å². The second kappa shape index (κ2) is 5.97. The highest BCUT2D eigenvalue weighted by Gasteiger charge is 2.13. The Balaban J connectivity index is 2.29. The standard InChI is InChI=1S/C12H6Cl4N2O/c13-6-1-2-17-10(5-6)12(19)18-11-8(15)3-7(14)4-9(11)16/h1-5H,(H,18,19). The Labute approximate surface area is 129 Å². The van der Waals surface area contributed by atoms with Gasteiger partial charge in [0.2, 0.25) is 0 Å². The van der Waals surface area contributed by atoms with Crippen LogP contribution < -0.4 is 5.32 Å². The number of rotatable bonds is 2. The fraction of sp³-hybridized carbons (Fsp3) is 0. The first-order valence-electron chi connectivity index (χ1n) is 5.05. The fourth-order valence-electron chi connectivity index (χ4n) is 1.37. The van der Waals surface area contributed by atoms with Gasteiger partial charge >= 0.3 is 0 Å². The molecule has 1 heterocycles. The summed E-state index contributed by atoms with van der Waals surface area (Å²) >= 11 is 23.5. The van der Waals surface area contributed by atoms with Crippen LogP contribution in [0.25, 0.3) is 0 Å². The number of benzene rings is 1. The third-order valence-corrected chi connectivity index (χ3v) is 3.25. The van der Waals surface area contributed by atoms with Gasteiger partial charge in [-0.3, -0.25) is 9.78 Å². The van der Waals surface area contributed by atoms with E-state index in [1.807, 2.05) is 0 Å². The molecule has 1 amide bonds. The van der Waals surface area contributed by atoms with E-state index >= 15 is 0 Å². The van der Waals surface area contributed by atoms with Crippen LogP contribution in [0.3, 0.4) is 0 Å². The number of amides is 1. The minimum Gasteiger partial charge on any atom is -0.318 e. The molecule has 0 aliphatic carbocycles. The van der Waals surface area contributed by atoms with Gasteiger partial charge in [-0.2, -0.15) is 0 Å². The second-order valence-corrected chi connectivity index (χ2v) is 5.25. The van der Waals surface area contributed by atoms with Gasteiger partial charge in [0.25, 0.3) is 5.91 Å². The summed E-state index contributed by atoms with van der Waals surface area (Å²) in [5.41, 5.74) is 0.439. The summed E-state index contributed by atoms with van der Waals surface area (Å²) in [6.45, 7) is 0. The largest absolute Gasteiger partial charge is 0.318 e. The van der Waals surface area contributed by atoms with Crippen molar-refractivity contribution in [2.45, 2.75) is 0 Å². The van der Waals surface area contributed by atoms with E-state index < -0.39 is 5.91 Å². The molecule has 98 valence electrons. The molecule has 0 radical (unpaired) electrons. The number of anilines is 1. The molecule has 0 fully saturated rings. The van der Waals surface area contributed by atoms with Crippen LogP contribution in [0.1, 0.15) is 10.5 Å². The van der Waals surface area contributed by atoms with Gasteiger partial charge in [-0.25, -0.2) is 0 Å². The lowest BCUT2D eigenvalue weighted by Crippen LogP contribution is -2.14. The quantitative estimate of drug-likeness (QED) is 0.843. The Morgan fingerprint density at radius 2 is 1.63 bits per heavy atom. The van der Waals surface area contributed by atoms with E-state index in [4.69, 9.17) is 46.4 Å². The summed E-state index contributed by atoms with van der Waals surface area (Å²) in [6.07, 6.45) is 1.43. The SMILES string of the molecule is O=C(Nc1c(Cl)cc(Cl)cc1Cl)c1cc(Cl)ccn1. The van der Waals surface area contributed by atoms with Gasteiger partial charge in [-0.15, -0.1) is 0 Å². The average Bonchev–Trinajstić information content (AvgIpc) is 2.33. The number of carbonyl (C=O) groups is 1. The lowest BCUT2D eigenvalue weighted by molar-refractivity contribution is 0.102. The molecule has 1 aromatic carbocycles. The molecule has 2 rings (SSSR count). The monoisotopic (exact) mass is 334 g/mol. The topological polar surface area (TPSA) is 42.0 Å². The number of carbonyl (C=O) groups excluding carboxylic acids is 1. The number of hydrogen-bond acceptors (Lipinski definition) is 2. The Hall–Kier alpha value is -1.00. The number of aromatic nitrogens is 1. The zero-order chi connectivity index (χ0) is 14.0. The molecule has 0 aliphatic rings. The Kier molecular flexibility index (Phi) is 4.53. The number of pyridine rings is 1. The molecule has 0 spiro atoms. The van der Waals surface area contributed by atoms with Gasteiger partial charge in [0, 0.05) is 16.2 Å². The number of nitrogens with zero attached hydrogens (tertiary/aromatic N) is 1. The van der Waals surface area contributed by atoms with Gasteiger partial charge in [0.1, 0.15) is 5.69 Å². The number of nitrogens with one attached hydrogen (secondary N) is 1. The van der Waals surface area contributed by atoms with Crippen molar-refractivity contribution >= 4 is 58.0 Å². The van der Waals surface area contributed by atoms with Gasteiger partial charge in [0.15, 0.2) is 0 Å². The molecule has 3 nitrogen and oxygen atoms in total. The van der Waals surface area contributed by atoms with Crippen molar-refractivity contribution in [3.05, 3.63) is 56.2 Å². The van der Waals surface area contributed by atoms with Crippen molar-refractivity contribution in [2.75, 3.05) is 5.32 Å². The van der Waals surface area contributed by atoms with Crippen LogP contribution >= 0.6 is 46.4 Å². The third-order valence-electron chi connectivity index (χ3n) is 2.20. The maximum Gasteiger partial charge on any atom is 0.274 e. The normalized spacial score (nSPS) is 10.3. The fourth-order valence-corrected chi connectivity index (χ4v) is 2.44. The predicted molar refractivity (Wildman–Crippen MR) is 78.7 cm³/mol. The first-order chi connectivity index (χ1) is 8.97. The summed E-state index contributed by atoms with van der Waals surface area (Å²) in [5, 5.41) is 3.85. The summed E-state index contributed by atoms with van der Waals surface area (Å²) in [5.74, 6) is -0.464. The van der Waals surface area contributed by atoms with Gasteiger partial charge in [-0.1, -0.05) is 46.4 Å². The van der Waals surface area contributed by atoms with Crippen LogP contribution in [-0.4, -0.2) is 10.9 Å². The highest BCUT2D eigenvalue weighted by atomic mass is 35.5. The Bertz CT molecular complexity index is 622. The minimum atomic E-state index is -0.464. The van der Waals surface area contributed by atoms with Crippen molar-refractivity contribution in [3.63, 3.8) is 0 Å². The summed E-state index contributed by atoms with van der Waals surface area (Å²) in [7, 11) is 0. The average molecular weight is 336 g/mol. The Morgan fingerprint density at radius 1 is 1.00 bits per heavy atom. The lowest BCUT2D eigenvalue weighted by Gasteiger charge is -2.09. The zero-order valence-electron chi connectivity index (χ0n) is 9.25. The third kappa shape index (κ3) is 3.51. The molecule has 1 N–H and O–H groups in total. The smallest absolute Gasteiger partial charge is 0.274 e. The van der Waals surface area contributed by atoms with Crippen molar-refractivity contribution < 1.29 is 4.79 Å². The maximum atomic E-state index is 12.0. The van der Waals surface area contributed by atoms with Crippen molar-refractivity contribution in [1.82, 2.24) is 4.98 Å². The van der Waals surface area contributed by atoms with E-state index in [2.05, 4.69) is 10.3 Å². The van der Waals surface area contributed by atoms with E-state index in [0.717, 1.165) is 0 Å². The van der Waals surface area contributed by atoms with Crippen molar-refractivity contribution in [3.8, 4) is 0 Å². The first-order valence-corrected chi connectivity index (χ1v) is 6.56. The summed E-state index contributed by atoms with van der Waals surface area (Å²) in [4.78, 5) is 15.9. The number of hydrogen-bond donors (Lipinski definition) is 1. The molecule has 2 aromatic rings. The highest BCUT2D eigenvalue weighted by molar-refractivity contribution is 6.42. The molecule has 19 heavy (non-hydrogen) atoms. The molecule has 1 aromatic heterocycles. The van der Waals surface area contributed by atoms with Crippen LogP contribution in [0.5, 0.6) is 0 Å². The predicted octanol–water partition coefficient (Wildman–Crippen LogP) is 4.95.